The fourth-order valence-corrected chi connectivity index (χ4v) is 3.46. The molecule has 0 unspecified atom stereocenters. The van der Waals surface area contributed by atoms with Gasteiger partial charge in [-0.3, -0.25) is 4.79 Å². The monoisotopic (exact) mass is 428 g/mol. The van der Waals surface area contributed by atoms with E-state index in [0.29, 0.717) is 12.8 Å². The average molecular weight is 428 g/mol. The topological polar surface area (TPSA) is 60.3 Å². The maximum atomic E-state index is 14.8. The molecule has 2 aromatic carbocycles. The minimum Gasteiger partial charge on any atom is -0.458 e. The van der Waals surface area contributed by atoms with Crippen LogP contribution < -0.4 is 10.7 Å². The molecule has 3 aromatic rings. The van der Waals surface area contributed by atoms with Gasteiger partial charge in [0, 0.05) is 18.8 Å². The van der Waals surface area contributed by atoms with Crippen LogP contribution in [0.15, 0.2) is 54.0 Å². The van der Waals surface area contributed by atoms with E-state index < -0.39 is 39.9 Å². The van der Waals surface area contributed by atoms with Gasteiger partial charge in [-0.15, -0.1) is 0 Å². The van der Waals surface area contributed by atoms with Crippen LogP contribution >= 0.6 is 0 Å². The van der Waals surface area contributed by atoms with Crippen molar-refractivity contribution in [3.8, 4) is 0 Å². The average Bonchev–Trinajstić information content (AvgIpc) is 3.62. The molecule has 1 aromatic heterocycles. The number of benzene rings is 2. The SMILES string of the molecule is C=CCOC(=O)c1cn(C2CC2)c2c(F)c(F)c(F)c(NCc3ccccc3)c2c1=O. The predicted molar refractivity (Wildman–Crippen MR) is 111 cm³/mol. The van der Waals surface area contributed by atoms with Crippen LogP contribution in [0.1, 0.15) is 34.8 Å². The molecule has 0 bridgehead atoms. The van der Waals surface area contributed by atoms with Crippen molar-refractivity contribution in [2.24, 2.45) is 0 Å². The van der Waals surface area contributed by atoms with Crippen LogP contribution in [0.4, 0.5) is 18.9 Å². The molecule has 1 fully saturated rings. The molecule has 160 valence electrons. The summed E-state index contributed by atoms with van der Waals surface area (Å²) in [6.07, 6.45) is 3.81. The number of hydrogen-bond acceptors (Lipinski definition) is 4. The number of hydrogen-bond donors (Lipinski definition) is 1. The Morgan fingerprint density at radius 1 is 1.16 bits per heavy atom. The minimum atomic E-state index is -1.68. The Balaban J connectivity index is 1.95. The van der Waals surface area contributed by atoms with Gasteiger partial charge in [0.05, 0.1) is 16.6 Å². The maximum absolute atomic E-state index is 14.8. The molecule has 0 radical (unpaired) electrons. The number of rotatable bonds is 7. The molecule has 31 heavy (non-hydrogen) atoms. The lowest BCUT2D eigenvalue weighted by molar-refractivity contribution is 0.0547. The molecular weight excluding hydrogens is 409 g/mol. The second kappa shape index (κ2) is 8.29. The van der Waals surface area contributed by atoms with Crippen LogP contribution in [0.3, 0.4) is 0 Å². The number of pyridine rings is 1. The summed E-state index contributed by atoms with van der Waals surface area (Å²) in [7, 11) is 0. The highest BCUT2D eigenvalue weighted by molar-refractivity contribution is 5.99. The summed E-state index contributed by atoms with van der Waals surface area (Å²) in [4.78, 5) is 25.6. The molecule has 0 atom stereocenters. The van der Waals surface area contributed by atoms with Crippen molar-refractivity contribution >= 4 is 22.6 Å². The number of aromatic nitrogens is 1. The standard InChI is InChI=1S/C23H19F3N2O3/c1-2-10-31-23(30)15-12-28(14-8-9-14)21-16(22(15)29)20(18(25)17(24)19(21)26)27-11-13-6-4-3-5-7-13/h2-7,12,14,27H,1,8-11H2. The number of nitrogens with one attached hydrogen (secondary N) is 1. The number of anilines is 1. The van der Waals surface area contributed by atoms with E-state index in [2.05, 4.69) is 11.9 Å². The van der Waals surface area contributed by atoms with E-state index in [-0.39, 0.29) is 30.3 Å². The number of ether oxygens (including phenoxy) is 1. The smallest absolute Gasteiger partial charge is 0.343 e. The number of carbonyl (C=O) groups excluding carboxylic acids is 1. The van der Waals surface area contributed by atoms with Crippen molar-refractivity contribution in [1.82, 2.24) is 4.57 Å². The lowest BCUT2D eigenvalue weighted by Gasteiger charge is -2.18. The Labute approximate surface area is 175 Å². The van der Waals surface area contributed by atoms with E-state index in [9.17, 15) is 22.8 Å². The van der Waals surface area contributed by atoms with Gasteiger partial charge in [0.2, 0.25) is 5.43 Å². The largest absolute Gasteiger partial charge is 0.458 e. The molecular formula is C23H19F3N2O3. The molecule has 5 nitrogen and oxygen atoms in total. The van der Waals surface area contributed by atoms with Gasteiger partial charge in [-0.1, -0.05) is 43.0 Å². The molecule has 0 amide bonds. The van der Waals surface area contributed by atoms with Gasteiger partial charge in [-0.05, 0) is 18.4 Å². The molecule has 4 rings (SSSR count). The number of nitrogens with zero attached hydrogens (tertiary/aromatic N) is 1. The first kappa shape index (κ1) is 20.7. The van der Waals surface area contributed by atoms with E-state index >= 15 is 0 Å². The highest BCUT2D eigenvalue weighted by atomic mass is 19.2. The van der Waals surface area contributed by atoms with Crippen molar-refractivity contribution in [1.29, 1.82) is 0 Å². The highest BCUT2D eigenvalue weighted by Gasteiger charge is 2.32. The van der Waals surface area contributed by atoms with Crippen LogP contribution in [0, 0.1) is 17.5 Å². The summed E-state index contributed by atoms with van der Waals surface area (Å²) in [5, 5.41) is 2.29. The normalized spacial score (nSPS) is 13.3. The Morgan fingerprint density at radius 2 is 1.87 bits per heavy atom. The van der Waals surface area contributed by atoms with Gasteiger partial charge in [0.15, 0.2) is 17.5 Å². The van der Waals surface area contributed by atoms with Crippen LogP contribution in [-0.4, -0.2) is 17.1 Å². The van der Waals surface area contributed by atoms with Crippen LogP contribution in [0.2, 0.25) is 0 Å². The van der Waals surface area contributed by atoms with E-state index in [1.807, 2.05) is 0 Å². The van der Waals surface area contributed by atoms with Gasteiger partial charge in [-0.2, -0.15) is 0 Å². The molecule has 0 aliphatic heterocycles. The number of esters is 1. The number of halogens is 3. The quantitative estimate of drug-likeness (QED) is 0.336. The lowest BCUT2D eigenvalue weighted by Crippen LogP contribution is -2.23. The highest BCUT2D eigenvalue weighted by Crippen LogP contribution is 2.40. The summed E-state index contributed by atoms with van der Waals surface area (Å²) in [5.41, 5.74) is -1.44. The fraction of sp³-hybridized carbons (Fsp3) is 0.217. The third-order valence-electron chi connectivity index (χ3n) is 5.10. The van der Waals surface area contributed by atoms with Gasteiger partial charge in [0.25, 0.3) is 0 Å². The first-order valence-corrected chi connectivity index (χ1v) is 9.75. The van der Waals surface area contributed by atoms with Crippen LogP contribution in [0.25, 0.3) is 10.9 Å². The first-order chi connectivity index (χ1) is 14.9. The zero-order valence-corrected chi connectivity index (χ0v) is 16.5. The van der Waals surface area contributed by atoms with Gasteiger partial charge >= 0.3 is 5.97 Å². The zero-order valence-electron chi connectivity index (χ0n) is 16.5. The lowest BCUT2D eigenvalue weighted by atomic mass is 10.1. The van der Waals surface area contributed by atoms with Crippen molar-refractivity contribution in [2.75, 3.05) is 11.9 Å². The number of carbonyl (C=O) groups is 1. The molecule has 8 heteroatoms. The second-order valence-corrected chi connectivity index (χ2v) is 7.28. The van der Waals surface area contributed by atoms with Gasteiger partial charge in [0.1, 0.15) is 12.2 Å². The van der Waals surface area contributed by atoms with Crippen LogP contribution in [0.5, 0.6) is 0 Å². The van der Waals surface area contributed by atoms with Gasteiger partial charge in [-0.25, -0.2) is 18.0 Å². The summed E-state index contributed by atoms with van der Waals surface area (Å²) >= 11 is 0. The van der Waals surface area contributed by atoms with E-state index in [0.717, 1.165) is 11.8 Å². The van der Waals surface area contributed by atoms with Crippen molar-refractivity contribution in [3.63, 3.8) is 0 Å². The Bertz CT molecular complexity index is 1230. The van der Waals surface area contributed by atoms with Gasteiger partial charge < -0.3 is 14.6 Å². The Morgan fingerprint density at radius 3 is 2.52 bits per heavy atom. The fourth-order valence-electron chi connectivity index (χ4n) is 3.46. The molecule has 1 N–H and O–H groups in total. The molecule has 1 heterocycles. The Hall–Kier alpha value is -3.55. The third kappa shape index (κ3) is 3.81. The van der Waals surface area contributed by atoms with Crippen molar-refractivity contribution in [2.45, 2.75) is 25.4 Å². The summed E-state index contributed by atoms with van der Waals surface area (Å²) in [6.45, 7) is 3.37. The summed E-state index contributed by atoms with van der Waals surface area (Å²) in [5.74, 6) is -5.61. The number of fused-ring (bicyclic) bond motifs is 1. The maximum Gasteiger partial charge on any atom is 0.343 e. The first-order valence-electron chi connectivity index (χ1n) is 9.75. The predicted octanol–water partition coefficient (Wildman–Crippen LogP) is 4.71. The summed E-state index contributed by atoms with van der Waals surface area (Å²) in [6, 6.07) is 8.62. The molecule has 0 spiro atoms. The van der Waals surface area contributed by atoms with Crippen molar-refractivity contribution < 1.29 is 22.7 Å². The second-order valence-electron chi connectivity index (χ2n) is 7.28. The van der Waals surface area contributed by atoms with E-state index in [1.54, 1.807) is 30.3 Å². The molecule has 1 saturated carbocycles. The van der Waals surface area contributed by atoms with E-state index in [1.165, 1.54) is 10.6 Å². The zero-order chi connectivity index (χ0) is 22.1. The molecule has 1 aliphatic rings. The Kier molecular flexibility index (Phi) is 5.54. The van der Waals surface area contributed by atoms with E-state index in [4.69, 9.17) is 4.74 Å². The minimum absolute atomic E-state index is 0.0614. The van der Waals surface area contributed by atoms with Crippen molar-refractivity contribution in [3.05, 3.63) is 88.0 Å². The third-order valence-corrected chi connectivity index (χ3v) is 5.10. The summed E-state index contributed by atoms with van der Waals surface area (Å²) < 4.78 is 50.4. The van der Waals surface area contributed by atoms with Crippen LogP contribution in [-0.2, 0) is 11.3 Å². The molecule has 1 aliphatic carbocycles. The molecule has 0 saturated heterocycles.